The quantitative estimate of drug-likeness (QED) is 0.778. The van der Waals surface area contributed by atoms with E-state index >= 15 is 0 Å². The van der Waals surface area contributed by atoms with Gasteiger partial charge in [0.05, 0.1) is 0 Å². The second kappa shape index (κ2) is 4.96. The first-order chi connectivity index (χ1) is 6.61. The van der Waals surface area contributed by atoms with Crippen LogP contribution in [-0.4, -0.2) is 16.9 Å². The van der Waals surface area contributed by atoms with Crippen LogP contribution in [0, 0.1) is 0 Å². The Labute approximate surface area is 88.5 Å². The number of rotatable bonds is 3. The summed E-state index contributed by atoms with van der Waals surface area (Å²) in [6.45, 7) is 3.79. The number of carbonyl (C=O) groups is 1. The van der Waals surface area contributed by atoms with Gasteiger partial charge >= 0.3 is 0 Å². The van der Waals surface area contributed by atoms with Crippen molar-refractivity contribution < 1.29 is 4.79 Å². The number of aromatic nitrogens is 1. The van der Waals surface area contributed by atoms with Crippen molar-refractivity contribution in [3.05, 3.63) is 30.1 Å². The van der Waals surface area contributed by atoms with Gasteiger partial charge in [0.2, 0.25) is 5.91 Å². The minimum atomic E-state index is -0.661. The minimum absolute atomic E-state index is 0.0976. The Hall–Kier alpha value is -1.09. The van der Waals surface area contributed by atoms with Gasteiger partial charge in [-0.15, -0.1) is 11.6 Å². The highest BCUT2D eigenvalue weighted by Crippen LogP contribution is 2.19. The summed E-state index contributed by atoms with van der Waals surface area (Å²) in [6.07, 6.45) is 3.24. The molecule has 0 saturated carbocycles. The zero-order valence-corrected chi connectivity index (χ0v) is 8.95. The molecule has 1 unspecified atom stereocenters. The van der Waals surface area contributed by atoms with E-state index in [1.165, 1.54) is 0 Å². The van der Waals surface area contributed by atoms with Crippen LogP contribution in [0.15, 0.2) is 24.5 Å². The number of hydrogen-bond donors (Lipinski definition) is 1. The molecule has 1 aromatic heterocycles. The van der Waals surface area contributed by atoms with Gasteiger partial charge < -0.3 is 5.32 Å². The zero-order valence-electron chi connectivity index (χ0n) is 8.20. The summed E-state index contributed by atoms with van der Waals surface area (Å²) >= 11 is 5.95. The summed E-state index contributed by atoms with van der Waals surface area (Å²) < 4.78 is 0. The molecule has 1 amide bonds. The molecule has 0 bridgehead atoms. The third-order valence-electron chi connectivity index (χ3n) is 1.64. The van der Waals surface area contributed by atoms with Crippen LogP contribution in [-0.2, 0) is 4.79 Å². The first kappa shape index (κ1) is 11.0. The predicted molar refractivity (Wildman–Crippen MR) is 56.1 cm³/mol. The highest BCUT2D eigenvalue weighted by Gasteiger charge is 2.17. The number of amides is 1. The van der Waals surface area contributed by atoms with E-state index in [9.17, 15) is 4.79 Å². The molecular formula is C10H13ClN2O. The zero-order chi connectivity index (χ0) is 10.6. The highest BCUT2D eigenvalue weighted by atomic mass is 35.5. The van der Waals surface area contributed by atoms with Crippen LogP contribution in [0.4, 0.5) is 0 Å². The molecule has 0 aliphatic rings. The maximum atomic E-state index is 11.5. The number of nitrogens with one attached hydrogen (secondary N) is 1. The highest BCUT2D eigenvalue weighted by molar-refractivity contribution is 6.30. The standard InChI is InChI=1S/C10H13ClN2O/c1-7(2)13-10(14)9(11)8-4-3-5-12-6-8/h3-7,9H,1-2H3,(H,13,14). The van der Waals surface area contributed by atoms with Crippen molar-refractivity contribution >= 4 is 17.5 Å². The monoisotopic (exact) mass is 212 g/mol. The fraction of sp³-hybridized carbons (Fsp3) is 0.400. The number of hydrogen-bond acceptors (Lipinski definition) is 2. The van der Waals surface area contributed by atoms with Gasteiger partial charge in [0.25, 0.3) is 0 Å². The molecule has 76 valence electrons. The second-order valence-electron chi connectivity index (χ2n) is 3.31. The Morgan fingerprint density at radius 2 is 2.29 bits per heavy atom. The molecule has 0 fully saturated rings. The molecule has 1 aromatic rings. The molecule has 0 aromatic carbocycles. The maximum absolute atomic E-state index is 11.5. The third-order valence-corrected chi connectivity index (χ3v) is 2.09. The number of halogens is 1. The Morgan fingerprint density at radius 1 is 1.57 bits per heavy atom. The first-order valence-corrected chi connectivity index (χ1v) is 4.89. The third kappa shape index (κ3) is 3.00. The Kier molecular flexibility index (Phi) is 3.89. The lowest BCUT2D eigenvalue weighted by Gasteiger charge is -2.12. The molecule has 1 heterocycles. The summed E-state index contributed by atoms with van der Waals surface area (Å²) in [4.78, 5) is 15.4. The smallest absolute Gasteiger partial charge is 0.242 e. The van der Waals surface area contributed by atoms with E-state index in [0.717, 1.165) is 0 Å². The molecule has 0 aliphatic heterocycles. The van der Waals surface area contributed by atoms with Gasteiger partial charge in [0.15, 0.2) is 0 Å². The molecule has 0 radical (unpaired) electrons. The van der Waals surface area contributed by atoms with Crippen LogP contribution in [0.3, 0.4) is 0 Å². The van der Waals surface area contributed by atoms with Crippen molar-refractivity contribution in [2.45, 2.75) is 25.3 Å². The van der Waals surface area contributed by atoms with Crippen LogP contribution in [0.5, 0.6) is 0 Å². The fourth-order valence-electron chi connectivity index (χ4n) is 1.03. The lowest BCUT2D eigenvalue weighted by Crippen LogP contribution is -2.32. The van der Waals surface area contributed by atoms with E-state index < -0.39 is 5.38 Å². The van der Waals surface area contributed by atoms with Gasteiger partial charge in [0, 0.05) is 18.4 Å². The van der Waals surface area contributed by atoms with E-state index in [4.69, 9.17) is 11.6 Å². The largest absolute Gasteiger partial charge is 0.352 e. The van der Waals surface area contributed by atoms with Gasteiger partial charge in [-0.2, -0.15) is 0 Å². The van der Waals surface area contributed by atoms with Crippen molar-refractivity contribution in [2.75, 3.05) is 0 Å². The Balaban J connectivity index is 2.66. The maximum Gasteiger partial charge on any atom is 0.242 e. The van der Waals surface area contributed by atoms with E-state index in [-0.39, 0.29) is 11.9 Å². The van der Waals surface area contributed by atoms with E-state index in [1.807, 2.05) is 13.8 Å². The summed E-state index contributed by atoms with van der Waals surface area (Å²) in [7, 11) is 0. The minimum Gasteiger partial charge on any atom is -0.352 e. The molecular weight excluding hydrogens is 200 g/mol. The number of nitrogens with zero attached hydrogens (tertiary/aromatic N) is 1. The van der Waals surface area contributed by atoms with Gasteiger partial charge in [-0.25, -0.2) is 0 Å². The van der Waals surface area contributed by atoms with Crippen LogP contribution >= 0.6 is 11.6 Å². The van der Waals surface area contributed by atoms with Crippen molar-refractivity contribution in [1.29, 1.82) is 0 Å². The topological polar surface area (TPSA) is 42.0 Å². The predicted octanol–water partition coefficient (Wildman–Crippen LogP) is 1.89. The number of pyridine rings is 1. The number of alkyl halides is 1. The Morgan fingerprint density at radius 3 is 2.79 bits per heavy atom. The van der Waals surface area contributed by atoms with Gasteiger partial charge in [0.1, 0.15) is 5.38 Å². The van der Waals surface area contributed by atoms with E-state index in [0.29, 0.717) is 5.56 Å². The van der Waals surface area contributed by atoms with Gasteiger partial charge in [-0.3, -0.25) is 9.78 Å². The summed E-state index contributed by atoms with van der Waals surface area (Å²) in [6, 6.07) is 3.64. The fourth-order valence-corrected chi connectivity index (χ4v) is 1.23. The molecule has 0 aliphatic carbocycles. The van der Waals surface area contributed by atoms with Crippen molar-refractivity contribution in [3.63, 3.8) is 0 Å². The van der Waals surface area contributed by atoms with Crippen LogP contribution < -0.4 is 5.32 Å². The van der Waals surface area contributed by atoms with Crippen molar-refractivity contribution in [2.24, 2.45) is 0 Å². The van der Waals surface area contributed by atoms with E-state index in [2.05, 4.69) is 10.3 Å². The van der Waals surface area contributed by atoms with Gasteiger partial charge in [-0.05, 0) is 25.5 Å². The molecule has 4 heteroatoms. The summed E-state index contributed by atoms with van der Waals surface area (Å²) in [5.74, 6) is -0.185. The molecule has 14 heavy (non-hydrogen) atoms. The van der Waals surface area contributed by atoms with Crippen LogP contribution in [0.1, 0.15) is 24.8 Å². The second-order valence-corrected chi connectivity index (χ2v) is 3.75. The normalized spacial score (nSPS) is 12.6. The van der Waals surface area contributed by atoms with Crippen LogP contribution in [0.25, 0.3) is 0 Å². The molecule has 0 spiro atoms. The van der Waals surface area contributed by atoms with Crippen LogP contribution in [0.2, 0.25) is 0 Å². The average Bonchev–Trinajstić information content (AvgIpc) is 2.17. The van der Waals surface area contributed by atoms with Gasteiger partial charge in [-0.1, -0.05) is 6.07 Å². The molecule has 1 atom stereocenters. The van der Waals surface area contributed by atoms with E-state index in [1.54, 1.807) is 24.5 Å². The van der Waals surface area contributed by atoms with Crippen molar-refractivity contribution in [1.82, 2.24) is 10.3 Å². The first-order valence-electron chi connectivity index (χ1n) is 4.45. The molecule has 1 rings (SSSR count). The number of carbonyl (C=O) groups excluding carboxylic acids is 1. The molecule has 3 nitrogen and oxygen atoms in total. The average molecular weight is 213 g/mol. The van der Waals surface area contributed by atoms with Crippen molar-refractivity contribution in [3.8, 4) is 0 Å². The SMILES string of the molecule is CC(C)NC(=O)C(Cl)c1cccnc1. The lowest BCUT2D eigenvalue weighted by atomic mass is 10.2. The summed E-state index contributed by atoms with van der Waals surface area (Å²) in [5.41, 5.74) is 0.715. The molecule has 1 N–H and O–H groups in total. The molecule has 0 saturated heterocycles. The Bertz CT molecular complexity index is 300. The lowest BCUT2D eigenvalue weighted by molar-refractivity contribution is -0.121. The summed E-state index contributed by atoms with van der Waals surface area (Å²) in [5, 5.41) is 2.08.